The average Bonchev–Trinajstić information content (AvgIpc) is 3.18. The molecule has 5 amide bonds. The van der Waals surface area contributed by atoms with E-state index in [0.717, 1.165) is 0 Å². The third-order valence-electron chi connectivity index (χ3n) is 8.72. The molecule has 0 spiro atoms. The number of ether oxygens (including phenoxy) is 5. The van der Waals surface area contributed by atoms with Gasteiger partial charge in [-0.3, -0.25) is 33.3 Å². The number of amides is 5. The van der Waals surface area contributed by atoms with Gasteiger partial charge in [-0.2, -0.15) is 8.42 Å². The van der Waals surface area contributed by atoms with Crippen LogP contribution in [0.4, 0.5) is 5.69 Å². The summed E-state index contributed by atoms with van der Waals surface area (Å²) in [5.74, 6) is -7.36. The van der Waals surface area contributed by atoms with E-state index in [-0.39, 0.29) is 63.9 Å². The Morgan fingerprint density at radius 2 is 1.47 bits per heavy atom. The number of carbonyl (C=O) groups excluding carboxylic acids is 6. The van der Waals surface area contributed by atoms with Crippen molar-refractivity contribution in [3.05, 3.63) is 23.8 Å². The van der Waals surface area contributed by atoms with Crippen molar-refractivity contribution in [3.63, 3.8) is 0 Å². The number of benzene rings is 1. The summed E-state index contributed by atoms with van der Waals surface area (Å²) in [4.78, 5) is 86.4. The lowest BCUT2D eigenvalue weighted by Gasteiger charge is -2.38. The molecule has 0 saturated carbocycles. The summed E-state index contributed by atoms with van der Waals surface area (Å²) >= 11 is 0. The highest BCUT2D eigenvalue weighted by Crippen LogP contribution is 2.31. The fraction of sp³-hybridized carbons (Fsp3) is 0.649. The summed E-state index contributed by atoms with van der Waals surface area (Å²) in [5, 5.41) is 52.5. The van der Waals surface area contributed by atoms with Gasteiger partial charge in [0.2, 0.25) is 35.8 Å². The highest BCUT2D eigenvalue weighted by atomic mass is 32.2. The Balaban J connectivity index is 1.89. The third kappa shape index (κ3) is 18.5. The number of rotatable bonds is 26. The SMILES string of the molecule is CCCC(=O)N[C@@H](CS(=O)(=O)O)C(=O)NCCOCCOCCC(=O)N[C@H](C(=O)N[C@@H](C)C(=O)Nc1ccc(COC(C)=O)cc1O[C@@H]1O[C@H](C(=O)O)[C@@H](O)[C@H](O)[C@H]1O)C(C)C. The van der Waals surface area contributed by atoms with Gasteiger partial charge in [-0.1, -0.05) is 26.8 Å². The van der Waals surface area contributed by atoms with Crippen LogP contribution in [-0.4, -0.2) is 162 Å². The molecule has 350 valence electrons. The molecule has 0 aliphatic carbocycles. The lowest BCUT2D eigenvalue weighted by atomic mass is 9.99. The molecule has 1 aliphatic heterocycles. The Morgan fingerprint density at radius 3 is 2.06 bits per heavy atom. The molecule has 8 atom stereocenters. The molecule has 0 bridgehead atoms. The van der Waals surface area contributed by atoms with Crippen molar-refractivity contribution in [2.75, 3.05) is 44.0 Å². The molecule has 1 aliphatic rings. The van der Waals surface area contributed by atoms with Gasteiger partial charge in [0.05, 0.1) is 32.1 Å². The first-order valence-corrected chi connectivity index (χ1v) is 21.1. The lowest BCUT2D eigenvalue weighted by Crippen LogP contribution is -2.61. The van der Waals surface area contributed by atoms with Gasteiger partial charge in [0.15, 0.2) is 6.10 Å². The third-order valence-corrected chi connectivity index (χ3v) is 9.47. The number of aliphatic carboxylic acids is 1. The molecule has 1 fully saturated rings. The van der Waals surface area contributed by atoms with Crippen LogP contribution < -0.4 is 31.3 Å². The second-order valence-corrected chi connectivity index (χ2v) is 15.9. The largest absolute Gasteiger partial charge is 0.479 e. The standard InChI is InChI=1S/C37H57N5O19S/c1-6-7-26(44)40-24(18-62(54,55)56)34(50)38-11-13-58-15-14-57-12-10-27(45)42-28(19(2)3)35(51)39-20(4)33(49)41-23-9-8-22(17-59-21(5)43)16-25(23)60-37-31(48)29(46)30(47)32(61-37)36(52)53/h8-9,16,19-20,24,28-32,37,46-48H,6-7,10-15,17-18H2,1-5H3,(H,38,50)(H,39,51)(H,40,44)(H,41,49)(H,42,45)(H,52,53)(H,54,55,56)/t20-,24-,28-,29-,30-,31+,32-,37+/m0/s1. The van der Waals surface area contributed by atoms with E-state index in [1.807, 2.05) is 0 Å². The summed E-state index contributed by atoms with van der Waals surface area (Å²) in [6.07, 6.45) is -9.41. The molecule has 2 rings (SSSR count). The number of aliphatic hydroxyl groups is 3. The molecule has 0 unspecified atom stereocenters. The van der Waals surface area contributed by atoms with Gasteiger partial charge in [0.25, 0.3) is 10.1 Å². The highest BCUT2D eigenvalue weighted by molar-refractivity contribution is 7.85. The van der Waals surface area contributed by atoms with E-state index < -0.39 is 112 Å². The summed E-state index contributed by atoms with van der Waals surface area (Å²) in [7, 11) is -4.56. The van der Waals surface area contributed by atoms with Gasteiger partial charge in [-0.25, -0.2) is 4.79 Å². The molecule has 10 N–H and O–H groups in total. The van der Waals surface area contributed by atoms with Gasteiger partial charge in [0, 0.05) is 26.3 Å². The van der Waals surface area contributed by atoms with Crippen molar-refractivity contribution in [3.8, 4) is 5.75 Å². The van der Waals surface area contributed by atoms with Crippen LogP contribution in [0.1, 0.15) is 59.4 Å². The number of carboxylic acids is 1. The molecule has 25 heteroatoms. The molecule has 62 heavy (non-hydrogen) atoms. The number of esters is 1. The Labute approximate surface area is 357 Å². The van der Waals surface area contributed by atoms with E-state index in [9.17, 15) is 62.4 Å². The van der Waals surface area contributed by atoms with E-state index in [1.165, 1.54) is 32.0 Å². The first-order chi connectivity index (χ1) is 29.0. The zero-order valence-corrected chi connectivity index (χ0v) is 35.7. The van der Waals surface area contributed by atoms with Crippen LogP contribution in [0.5, 0.6) is 5.75 Å². The van der Waals surface area contributed by atoms with Crippen LogP contribution in [0, 0.1) is 5.92 Å². The van der Waals surface area contributed by atoms with Gasteiger partial charge >= 0.3 is 11.9 Å². The van der Waals surface area contributed by atoms with E-state index in [2.05, 4.69) is 26.6 Å². The Morgan fingerprint density at radius 1 is 0.823 bits per heavy atom. The fourth-order valence-electron chi connectivity index (χ4n) is 5.45. The van der Waals surface area contributed by atoms with Crippen molar-refractivity contribution in [1.29, 1.82) is 0 Å². The monoisotopic (exact) mass is 907 g/mol. The number of hydrogen-bond acceptors (Lipinski definition) is 17. The van der Waals surface area contributed by atoms with Crippen molar-refractivity contribution >= 4 is 57.3 Å². The molecule has 1 aromatic rings. The minimum Gasteiger partial charge on any atom is -0.479 e. The molecular weight excluding hydrogens is 850 g/mol. The quantitative estimate of drug-likeness (QED) is 0.0257. The zero-order chi connectivity index (χ0) is 46.7. The first-order valence-electron chi connectivity index (χ1n) is 19.5. The van der Waals surface area contributed by atoms with Crippen LogP contribution >= 0.6 is 0 Å². The summed E-state index contributed by atoms with van der Waals surface area (Å²) in [6.45, 7) is 7.30. The predicted octanol–water partition coefficient (Wildman–Crippen LogP) is -2.68. The molecule has 1 heterocycles. The lowest BCUT2D eigenvalue weighted by molar-refractivity contribution is -0.271. The van der Waals surface area contributed by atoms with Crippen LogP contribution in [0.2, 0.25) is 0 Å². The first kappa shape index (κ1) is 53.1. The minimum atomic E-state index is -4.56. The van der Waals surface area contributed by atoms with Crippen LogP contribution in [0.3, 0.4) is 0 Å². The van der Waals surface area contributed by atoms with Gasteiger partial charge < -0.3 is 70.7 Å². The molecule has 0 radical (unpaired) electrons. The maximum Gasteiger partial charge on any atom is 0.335 e. The topological polar surface area (TPSA) is 361 Å². The predicted molar refractivity (Wildman–Crippen MR) is 212 cm³/mol. The minimum absolute atomic E-state index is 0.0110. The van der Waals surface area contributed by atoms with Crippen molar-refractivity contribution in [1.82, 2.24) is 21.3 Å². The van der Waals surface area contributed by atoms with Crippen molar-refractivity contribution in [2.24, 2.45) is 5.92 Å². The number of carbonyl (C=O) groups is 7. The molecule has 0 aromatic heterocycles. The Bertz CT molecular complexity index is 1810. The second kappa shape index (κ2) is 25.8. The smallest absolute Gasteiger partial charge is 0.335 e. The van der Waals surface area contributed by atoms with Gasteiger partial charge in [-0.05, 0) is 37.0 Å². The normalized spacial score (nSPS) is 20.2. The maximum atomic E-state index is 13.3. The van der Waals surface area contributed by atoms with Crippen LogP contribution in [0.15, 0.2) is 18.2 Å². The highest BCUT2D eigenvalue weighted by Gasteiger charge is 2.48. The van der Waals surface area contributed by atoms with E-state index >= 15 is 0 Å². The maximum absolute atomic E-state index is 13.3. The molecule has 1 aromatic carbocycles. The van der Waals surface area contributed by atoms with E-state index in [0.29, 0.717) is 12.0 Å². The summed E-state index contributed by atoms with van der Waals surface area (Å²) in [6, 6.07) is 0.255. The molecular formula is C37H57N5O19S. The second-order valence-electron chi connectivity index (χ2n) is 14.4. The Kier molecular flexibility index (Phi) is 22.1. The Hall–Kier alpha value is -5.02. The summed E-state index contributed by atoms with van der Waals surface area (Å²) in [5.41, 5.74) is 0.250. The fourth-order valence-corrected chi connectivity index (χ4v) is 6.11. The van der Waals surface area contributed by atoms with E-state index in [4.69, 9.17) is 28.2 Å². The number of aliphatic hydroxyl groups excluding tert-OH is 3. The molecule has 24 nitrogen and oxygen atoms in total. The summed E-state index contributed by atoms with van der Waals surface area (Å²) < 4.78 is 58.2. The van der Waals surface area contributed by atoms with Gasteiger partial charge in [0.1, 0.15) is 54.5 Å². The van der Waals surface area contributed by atoms with E-state index in [1.54, 1.807) is 20.8 Å². The van der Waals surface area contributed by atoms with Gasteiger partial charge in [-0.15, -0.1) is 0 Å². The average molecular weight is 908 g/mol. The zero-order valence-electron chi connectivity index (χ0n) is 34.9. The number of hydrogen-bond donors (Lipinski definition) is 10. The van der Waals surface area contributed by atoms with Crippen LogP contribution in [-0.2, 0) is 69.2 Å². The number of carboxylic acid groups (broad SMARTS) is 1. The van der Waals surface area contributed by atoms with Crippen LogP contribution in [0.25, 0.3) is 0 Å². The number of nitrogens with one attached hydrogen (secondary N) is 5. The number of anilines is 1. The molecule has 1 saturated heterocycles. The van der Waals surface area contributed by atoms with Crippen molar-refractivity contribution in [2.45, 2.75) is 109 Å². The van der Waals surface area contributed by atoms with Crippen molar-refractivity contribution < 1.29 is 90.6 Å².